The van der Waals surface area contributed by atoms with Crippen molar-refractivity contribution in [3.63, 3.8) is 0 Å². The molecule has 11 heteroatoms. The van der Waals surface area contributed by atoms with Gasteiger partial charge in [-0.3, -0.25) is 9.67 Å². The average molecular weight is 486 g/mol. The fourth-order valence-corrected chi connectivity index (χ4v) is 5.09. The average Bonchev–Trinajstić information content (AvgIpc) is 3.51. The van der Waals surface area contributed by atoms with Gasteiger partial charge in [0.15, 0.2) is 0 Å². The number of nitrogens with one attached hydrogen (secondary N) is 1. The highest BCUT2D eigenvalue weighted by Gasteiger charge is 2.47. The normalized spacial score (nSPS) is 19.9. The van der Waals surface area contributed by atoms with Crippen molar-refractivity contribution in [1.29, 1.82) is 0 Å². The molecule has 0 aromatic carbocycles. The lowest BCUT2D eigenvalue weighted by atomic mass is 9.82. The molecule has 3 aromatic rings. The number of hydrogen-bond donors (Lipinski definition) is 2. The Bertz CT molecular complexity index is 1270. The van der Waals surface area contributed by atoms with Gasteiger partial charge in [0.05, 0.1) is 16.8 Å². The van der Waals surface area contributed by atoms with Crippen molar-refractivity contribution in [2.45, 2.75) is 50.4 Å². The number of anilines is 1. The molecule has 3 N–H and O–H groups in total. The van der Waals surface area contributed by atoms with E-state index in [4.69, 9.17) is 5.73 Å². The maximum atomic E-state index is 13.3. The SMILES string of the molecule is CC(C)(NC(=O)N1CC[C@@]2(CCn3nc(-c4cnc(N)c(C(F)(F)F)c4)cc32)C1)c1ccncc1. The van der Waals surface area contributed by atoms with E-state index < -0.39 is 23.1 Å². The summed E-state index contributed by atoms with van der Waals surface area (Å²) in [5, 5.41) is 7.66. The third-order valence-electron chi connectivity index (χ3n) is 7.11. The standard InChI is InChI=1S/C24H26F3N7O/c1-22(2,16-3-7-29-8-4-16)31-21(35)33-9-5-23(14-33)6-10-34-19(23)12-18(32-34)15-11-17(24(25,26)27)20(28)30-13-15/h3-4,7-8,11-13H,5-6,9-10,14H2,1-2H3,(H2,28,30)(H,31,35)/t23-/m1/s1. The van der Waals surface area contributed by atoms with E-state index in [2.05, 4.69) is 20.4 Å². The topological polar surface area (TPSA) is 102 Å². The second-order valence-electron chi connectivity index (χ2n) is 9.79. The van der Waals surface area contributed by atoms with Gasteiger partial charge in [-0.1, -0.05) is 0 Å². The van der Waals surface area contributed by atoms with Crippen molar-refractivity contribution in [3.8, 4) is 11.3 Å². The van der Waals surface area contributed by atoms with Crippen molar-refractivity contribution in [2.24, 2.45) is 0 Å². The number of carbonyl (C=O) groups excluding carboxylic acids is 1. The molecular formula is C24H26F3N7O. The molecule has 3 aromatic heterocycles. The van der Waals surface area contributed by atoms with Crippen LogP contribution in [0.15, 0.2) is 42.9 Å². The Kier molecular flexibility index (Phi) is 5.26. The Labute approximate surface area is 200 Å². The Morgan fingerprint density at radius 2 is 1.86 bits per heavy atom. The monoisotopic (exact) mass is 485 g/mol. The number of halogens is 3. The second kappa shape index (κ2) is 7.96. The number of aromatic nitrogens is 4. The first-order valence-corrected chi connectivity index (χ1v) is 11.4. The third-order valence-corrected chi connectivity index (χ3v) is 7.11. The molecular weight excluding hydrogens is 459 g/mol. The quantitative estimate of drug-likeness (QED) is 0.585. The first kappa shape index (κ1) is 23.1. The molecule has 5 heterocycles. The van der Waals surface area contributed by atoms with Gasteiger partial charge in [-0.15, -0.1) is 0 Å². The number of nitrogens with zero attached hydrogens (tertiary/aromatic N) is 5. The molecule has 1 atom stereocenters. The van der Waals surface area contributed by atoms with Crippen molar-refractivity contribution >= 4 is 11.8 Å². The van der Waals surface area contributed by atoms with E-state index in [0.29, 0.717) is 25.3 Å². The number of rotatable bonds is 3. The van der Waals surface area contributed by atoms with Gasteiger partial charge in [0.25, 0.3) is 0 Å². The predicted molar refractivity (Wildman–Crippen MR) is 123 cm³/mol. The van der Waals surface area contributed by atoms with Crippen LogP contribution in [0.5, 0.6) is 0 Å². The van der Waals surface area contributed by atoms with Gasteiger partial charge >= 0.3 is 12.2 Å². The summed E-state index contributed by atoms with van der Waals surface area (Å²) < 4.78 is 41.7. The van der Waals surface area contributed by atoms with Gasteiger partial charge in [0.2, 0.25) is 0 Å². The van der Waals surface area contributed by atoms with E-state index >= 15 is 0 Å². The minimum Gasteiger partial charge on any atom is -0.383 e. The van der Waals surface area contributed by atoms with Gasteiger partial charge in [0, 0.05) is 54.9 Å². The number of amides is 2. The van der Waals surface area contributed by atoms with E-state index in [0.717, 1.165) is 30.2 Å². The van der Waals surface area contributed by atoms with Crippen LogP contribution < -0.4 is 11.1 Å². The Morgan fingerprint density at radius 3 is 2.57 bits per heavy atom. The third kappa shape index (κ3) is 4.08. The second-order valence-corrected chi connectivity index (χ2v) is 9.79. The number of nitrogens with two attached hydrogens (primary N) is 1. The van der Waals surface area contributed by atoms with Gasteiger partial charge in [-0.2, -0.15) is 18.3 Å². The molecule has 0 radical (unpaired) electrons. The molecule has 2 aliphatic heterocycles. The van der Waals surface area contributed by atoms with E-state index in [9.17, 15) is 18.0 Å². The first-order chi connectivity index (χ1) is 16.5. The number of carbonyl (C=O) groups is 1. The van der Waals surface area contributed by atoms with Gasteiger partial charge in [-0.05, 0) is 56.5 Å². The molecule has 2 amide bonds. The fraction of sp³-hybridized carbons (Fsp3) is 0.417. The summed E-state index contributed by atoms with van der Waals surface area (Å²) in [7, 11) is 0. The highest BCUT2D eigenvalue weighted by molar-refractivity contribution is 5.76. The molecule has 0 aliphatic carbocycles. The maximum absolute atomic E-state index is 13.3. The lowest BCUT2D eigenvalue weighted by Crippen LogP contribution is -2.48. The van der Waals surface area contributed by atoms with Crippen LogP contribution in [0.2, 0.25) is 0 Å². The van der Waals surface area contributed by atoms with Crippen LogP contribution in [0.3, 0.4) is 0 Å². The molecule has 35 heavy (non-hydrogen) atoms. The van der Waals surface area contributed by atoms with Crippen molar-refractivity contribution < 1.29 is 18.0 Å². The van der Waals surface area contributed by atoms with Gasteiger partial charge in [-0.25, -0.2) is 9.78 Å². The van der Waals surface area contributed by atoms with Crippen LogP contribution in [-0.2, 0) is 23.7 Å². The van der Waals surface area contributed by atoms with Crippen molar-refractivity contribution in [3.05, 3.63) is 59.7 Å². The molecule has 0 unspecified atom stereocenters. The molecule has 184 valence electrons. The lowest BCUT2D eigenvalue weighted by Gasteiger charge is -2.30. The zero-order valence-electron chi connectivity index (χ0n) is 19.4. The smallest absolute Gasteiger partial charge is 0.383 e. The van der Waals surface area contributed by atoms with Crippen LogP contribution in [0, 0.1) is 0 Å². The molecule has 1 saturated heterocycles. The van der Waals surface area contributed by atoms with Gasteiger partial charge in [0.1, 0.15) is 5.82 Å². The van der Waals surface area contributed by atoms with Crippen LogP contribution in [0.1, 0.15) is 43.5 Å². The number of aryl methyl sites for hydroxylation is 1. The number of pyridine rings is 2. The number of fused-ring (bicyclic) bond motifs is 2. The number of nitrogen functional groups attached to an aromatic ring is 1. The lowest BCUT2D eigenvalue weighted by molar-refractivity contribution is -0.137. The number of urea groups is 1. The molecule has 1 spiro atoms. The van der Waals surface area contributed by atoms with E-state index in [1.165, 1.54) is 6.20 Å². The van der Waals surface area contributed by atoms with Crippen LogP contribution >= 0.6 is 0 Å². The predicted octanol–water partition coefficient (Wildman–Crippen LogP) is 3.93. The Hall–Kier alpha value is -3.63. The summed E-state index contributed by atoms with van der Waals surface area (Å²) in [5.74, 6) is -0.559. The van der Waals surface area contributed by atoms with Crippen LogP contribution in [-0.4, -0.2) is 43.8 Å². The zero-order chi connectivity index (χ0) is 25.0. The summed E-state index contributed by atoms with van der Waals surface area (Å²) in [6.07, 6.45) is 1.68. The van der Waals surface area contributed by atoms with Crippen LogP contribution in [0.25, 0.3) is 11.3 Å². The molecule has 2 aliphatic rings. The maximum Gasteiger partial charge on any atom is 0.419 e. The highest BCUT2D eigenvalue weighted by Crippen LogP contribution is 2.44. The van der Waals surface area contributed by atoms with Crippen molar-refractivity contribution in [2.75, 3.05) is 18.8 Å². The Morgan fingerprint density at radius 1 is 1.14 bits per heavy atom. The number of alkyl halides is 3. The summed E-state index contributed by atoms with van der Waals surface area (Å²) in [6.45, 7) is 5.63. The van der Waals surface area contributed by atoms with Crippen molar-refractivity contribution in [1.82, 2.24) is 30.0 Å². The molecule has 1 fully saturated rings. The number of hydrogen-bond acceptors (Lipinski definition) is 5. The number of likely N-dealkylation sites (tertiary alicyclic amines) is 1. The highest BCUT2D eigenvalue weighted by atomic mass is 19.4. The summed E-state index contributed by atoms with van der Waals surface area (Å²) in [4.78, 5) is 22.7. The minimum atomic E-state index is -4.60. The van der Waals surface area contributed by atoms with E-state index in [1.807, 2.05) is 36.7 Å². The fourth-order valence-electron chi connectivity index (χ4n) is 5.09. The molecule has 0 bridgehead atoms. The minimum absolute atomic E-state index is 0.153. The molecule has 5 rings (SSSR count). The summed E-state index contributed by atoms with van der Waals surface area (Å²) in [6, 6.07) is 6.41. The summed E-state index contributed by atoms with van der Waals surface area (Å²) in [5.41, 5.74) is 6.18. The van der Waals surface area contributed by atoms with E-state index in [-0.39, 0.29) is 17.0 Å². The van der Waals surface area contributed by atoms with E-state index in [1.54, 1.807) is 17.3 Å². The van der Waals surface area contributed by atoms with Gasteiger partial charge < -0.3 is 16.0 Å². The molecule has 8 nitrogen and oxygen atoms in total. The first-order valence-electron chi connectivity index (χ1n) is 11.4. The van der Waals surface area contributed by atoms with Crippen LogP contribution in [0.4, 0.5) is 23.8 Å². The summed E-state index contributed by atoms with van der Waals surface area (Å²) >= 11 is 0. The zero-order valence-corrected chi connectivity index (χ0v) is 19.4. The largest absolute Gasteiger partial charge is 0.419 e. The molecule has 0 saturated carbocycles. The Balaban J connectivity index is 1.36.